The summed E-state index contributed by atoms with van der Waals surface area (Å²) in [5.41, 5.74) is -12.4. The summed E-state index contributed by atoms with van der Waals surface area (Å²) in [7, 11) is 0. The van der Waals surface area contributed by atoms with Gasteiger partial charge in [-0.2, -0.15) is 70.2 Å². The molecular weight excluding hydrogens is 583 g/mol. The molecule has 0 heterocycles. The SMILES string of the molecule is OC(c1c(F)c(F)c(F)c(F)c1F)(C(F)(F)F)C(F)(F)C(F)(F)C(F)(F)C(F)(F)C(F)(F)C(F)(F)F. The predicted molar refractivity (Wildman–Crippen MR) is 67.0 cm³/mol. The smallest absolute Gasteiger partial charge is 0.371 e. The Morgan fingerprint density at radius 1 is 0.333 bits per heavy atom. The maximum absolute atomic E-state index is 14.1. The lowest BCUT2D eigenvalue weighted by Crippen LogP contribution is -2.75. The van der Waals surface area contributed by atoms with Crippen LogP contribution in [0.5, 0.6) is 0 Å². The molecule has 0 saturated carbocycles. The summed E-state index contributed by atoms with van der Waals surface area (Å²) in [5.74, 6) is -63.7. The lowest BCUT2D eigenvalue weighted by atomic mass is 9.79. The molecule has 1 rings (SSSR count). The van der Waals surface area contributed by atoms with Crippen molar-refractivity contribution in [1.29, 1.82) is 0 Å². The van der Waals surface area contributed by atoms with Gasteiger partial charge in [-0.05, 0) is 0 Å². The van der Waals surface area contributed by atoms with Gasteiger partial charge >= 0.3 is 42.0 Å². The third-order valence-corrected chi connectivity index (χ3v) is 4.37. The van der Waals surface area contributed by atoms with E-state index in [0.717, 1.165) is 0 Å². The highest BCUT2D eigenvalue weighted by Crippen LogP contribution is 2.65. The topological polar surface area (TPSA) is 20.2 Å². The van der Waals surface area contributed by atoms with Gasteiger partial charge in [0.2, 0.25) is 5.82 Å². The van der Waals surface area contributed by atoms with Crippen LogP contribution in [-0.2, 0) is 5.60 Å². The number of benzene rings is 1. The van der Waals surface area contributed by atoms with E-state index < -0.39 is 82.2 Å². The molecule has 1 aromatic rings. The fourth-order valence-corrected chi connectivity index (χ4v) is 2.40. The molecule has 1 atom stereocenters. The van der Waals surface area contributed by atoms with Crippen LogP contribution in [0.25, 0.3) is 0 Å². The van der Waals surface area contributed by atoms with E-state index in [-0.39, 0.29) is 0 Å². The second-order valence-corrected chi connectivity index (χ2v) is 6.52. The van der Waals surface area contributed by atoms with Crippen molar-refractivity contribution in [2.24, 2.45) is 0 Å². The largest absolute Gasteiger partial charge is 0.460 e. The third-order valence-electron chi connectivity index (χ3n) is 4.37. The predicted octanol–water partition coefficient (Wildman–Crippen LogP) is 6.87. The Morgan fingerprint density at radius 3 is 0.861 bits per heavy atom. The molecule has 0 saturated heterocycles. The van der Waals surface area contributed by atoms with Crippen LogP contribution < -0.4 is 0 Å². The van der Waals surface area contributed by atoms with Crippen LogP contribution in [0, 0.1) is 29.1 Å². The maximum Gasteiger partial charge on any atom is 0.460 e. The molecule has 0 fully saturated rings. The van der Waals surface area contributed by atoms with Gasteiger partial charge < -0.3 is 5.11 Å². The van der Waals surface area contributed by atoms with Crippen molar-refractivity contribution in [3.8, 4) is 0 Å². The van der Waals surface area contributed by atoms with Gasteiger partial charge in [0.1, 0.15) is 0 Å². The van der Waals surface area contributed by atoms with E-state index in [1.54, 1.807) is 0 Å². The number of halogens is 21. The summed E-state index contributed by atoms with van der Waals surface area (Å²) in [6, 6.07) is 0. The summed E-state index contributed by atoms with van der Waals surface area (Å²) in [4.78, 5) is 0. The van der Waals surface area contributed by atoms with Gasteiger partial charge in [0.05, 0.1) is 5.56 Å². The molecule has 210 valence electrons. The molecule has 22 heteroatoms. The minimum absolute atomic E-state index is 3.53. The molecule has 0 bridgehead atoms. The Balaban J connectivity index is 4.21. The Morgan fingerprint density at radius 2 is 0.583 bits per heavy atom. The molecule has 36 heavy (non-hydrogen) atoms. The highest BCUT2D eigenvalue weighted by Gasteiger charge is 2.95. The first-order valence-corrected chi connectivity index (χ1v) is 7.69. The molecule has 1 aromatic carbocycles. The molecular formula is C14HF21O. The number of hydrogen-bond donors (Lipinski definition) is 1. The van der Waals surface area contributed by atoms with Gasteiger partial charge in [-0.1, -0.05) is 0 Å². The highest BCUT2D eigenvalue weighted by molar-refractivity contribution is 5.35. The van der Waals surface area contributed by atoms with Gasteiger partial charge in [-0.25, -0.2) is 22.0 Å². The first-order valence-electron chi connectivity index (χ1n) is 7.69. The number of rotatable bonds is 6. The Bertz CT molecular complexity index is 988. The molecule has 1 nitrogen and oxygen atoms in total. The Kier molecular flexibility index (Phi) is 7.14. The van der Waals surface area contributed by atoms with Crippen LogP contribution >= 0.6 is 0 Å². The third kappa shape index (κ3) is 3.63. The Labute approximate surface area is 181 Å². The van der Waals surface area contributed by atoms with Gasteiger partial charge in [0, 0.05) is 0 Å². The molecule has 0 aliphatic carbocycles. The molecule has 0 radical (unpaired) electrons. The number of hydrogen-bond acceptors (Lipinski definition) is 1. The molecule has 1 unspecified atom stereocenters. The summed E-state index contributed by atoms with van der Waals surface area (Å²) < 4.78 is 277. The van der Waals surface area contributed by atoms with E-state index in [0.29, 0.717) is 0 Å². The van der Waals surface area contributed by atoms with E-state index in [1.165, 1.54) is 0 Å². The van der Waals surface area contributed by atoms with Crippen molar-refractivity contribution in [3.63, 3.8) is 0 Å². The van der Waals surface area contributed by atoms with Crippen molar-refractivity contribution >= 4 is 0 Å². The van der Waals surface area contributed by atoms with Crippen LogP contribution in [0.2, 0.25) is 0 Å². The maximum atomic E-state index is 14.1. The van der Waals surface area contributed by atoms with E-state index in [2.05, 4.69) is 0 Å². The van der Waals surface area contributed by atoms with Gasteiger partial charge in [0.25, 0.3) is 5.60 Å². The molecule has 1 N–H and O–H groups in total. The van der Waals surface area contributed by atoms with Crippen molar-refractivity contribution < 1.29 is 97.3 Å². The van der Waals surface area contributed by atoms with Gasteiger partial charge in [-0.15, -0.1) is 0 Å². The minimum atomic E-state index is -9.03. The van der Waals surface area contributed by atoms with Crippen LogP contribution in [0.1, 0.15) is 5.56 Å². The number of aliphatic hydroxyl groups is 1. The first-order chi connectivity index (χ1) is 15.4. The quantitative estimate of drug-likeness (QED) is 0.220. The lowest BCUT2D eigenvalue weighted by molar-refractivity contribution is -0.465. The van der Waals surface area contributed by atoms with Crippen LogP contribution in [0.4, 0.5) is 92.2 Å². The van der Waals surface area contributed by atoms with Crippen molar-refractivity contribution in [1.82, 2.24) is 0 Å². The van der Waals surface area contributed by atoms with E-state index in [9.17, 15) is 92.2 Å². The summed E-state index contributed by atoms with van der Waals surface area (Å²) >= 11 is 0. The molecule has 0 aliphatic heterocycles. The zero-order chi connectivity index (χ0) is 29.5. The Hall–Kier alpha value is -2.29. The second kappa shape index (κ2) is 8.10. The zero-order valence-corrected chi connectivity index (χ0v) is 15.4. The zero-order valence-electron chi connectivity index (χ0n) is 15.4. The first kappa shape index (κ1) is 31.7. The molecule has 0 amide bonds. The van der Waals surface area contributed by atoms with E-state index in [1.807, 2.05) is 0 Å². The average Bonchev–Trinajstić information content (AvgIpc) is 2.68. The monoisotopic (exact) mass is 584 g/mol. The number of alkyl halides is 16. The minimum Gasteiger partial charge on any atom is -0.371 e. The lowest BCUT2D eigenvalue weighted by Gasteiger charge is -2.45. The second-order valence-electron chi connectivity index (χ2n) is 6.52. The van der Waals surface area contributed by atoms with Crippen molar-refractivity contribution in [2.45, 2.75) is 47.6 Å². The summed E-state index contributed by atoms with van der Waals surface area (Å²) in [6.07, 6.45) is -16.0. The summed E-state index contributed by atoms with van der Waals surface area (Å²) in [5, 5.41) is 9.10. The average molecular weight is 584 g/mol. The normalized spacial score (nSPS) is 16.8. The van der Waals surface area contributed by atoms with Gasteiger partial charge in [0.15, 0.2) is 23.3 Å². The summed E-state index contributed by atoms with van der Waals surface area (Å²) in [6.45, 7) is 0. The molecule has 0 aromatic heterocycles. The van der Waals surface area contributed by atoms with Crippen LogP contribution in [-0.4, -0.2) is 47.1 Å². The van der Waals surface area contributed by atoms with E-state index >= 15 is 0 Å². The van der Waals surface area contributed by atoms with Crippen LogP contribution in [0.15, 0.2) is 0 Å². The van der Waals surface area contributed by atoms with Crippen molar-refractivity contribution in [2.75, 3.05) is 0 Å². The fraction of sp³-hybridized carbons (Fsp3) is 0.571. The standard InChI is InChI=1S/C14HF21O/c15-2-1(3(16)5(18)6(19)4(2)17)7(36,13(30,31)32)8(20,21)9(22,23)10(24,25)11(26,27)12(28,29)14(33,34)35/h36H. The highest BCUT2D eigenvalue weighted by atomic mass is 19.4. The molecule has 0 spiro atoms. The van der Waals surface area contributed by atoms with E-state index in [4.69, 9.17) is 5.11 Å². The van der Waals surface area contributed by atoms with Crippen molar-refractivity contribution in [3.05, 3.63) is 34.6 Å². The fourth-order valence-electron chi connectivity index (χ4n) is 2.40. The van der Waals surface area contributed by atoms with Gasteiger partial charge in [-0.3, -0.25) is 0 Å². The van der Waals surface area contributed by atoms with Crippen LogP contribution in [0.3, 0.4) is 0 Å². The molecule has 0 aliphatic rings.